The lowest BCUT2D eigenvalue weighted by molar-refractivity contribution is -0.113. The van der Waals surface area contributed by atoms with E-state index in [2.05, 4.69) is 20.5 Å². The van der Waals surface area contributed by atoms with E-state index >= 15 is 0 Å². The summed E-state index contributed by atoms with van der Waals surface area (Å²) in [6.45, 7) is 1.80. The molecule has 0 radical (unpaired) electrons. The first-order chi connectivity index (χ1) is 9.04. The van der Waals surface area contributed by atoms with E-state index < -0.39 is 0 Å². The first-order valence-electron chi connectivity index (χ1n) is 5.31. The van der Waals surface area contributed by atoms with Gasteiger partial charge >= 0.3 is 0 Å². The molecule has 2 rings (SSSR count). The van der Waals surface area contributed by atoms with Gasteiger partial charge in [0, 0.05) is 5.69 Å². The zero-order valence-corrected chi connectivity index (χ0v) is 12.2. The van der Waals surface area contributed by atoms with E-state index in [9.17, 15) is 4.79 Å². The van der Waals surface area contributed by atoms with Crippen LogP contribution in [0.3, 0.4) is 0 Å². The Labute approximate surface area is 124 Å². The molecule has 1 amide bonds. The van der Waals surface area contributed by atoms with Crippen molar-refractivity contribution in [1.82, 2.24) is 15.2 Å². The van der Waals surface area contributed by atoms with Gasteiger partial charge in [-0.15, -0.1) is 5.10 Å². The average molecular weight is 317 g/mol. The number of aromatic amines is 1. The smallest absolute Gasteiger partial charge is 0.234 e. The molecule has 0 aliphatic rings. The zero-order valence-electron chi connectivity index (χ0n) is 9.91. The van der Waals surface area contributed by atoms with Crippen LogP contribution in [0.2, 0.25) is 10.0 Å². The summed E-state index contributed by atoms with van der Waals surface area (Å²) in [5, 5.41) is 10.7. The number of halogens is 2. The number of carbonyl (C=O) groups is 1. The molecule has 1 aromatic heterocycles. The maximum Gasteiger partial charge on any atom is 0.234 e. The highest BCUT2D eigenvalue weighted by Gasteiger charge is 2.07. The fourth-order valence-corrected chi connectivity index (χ4v) is 2.23. The van der Waals surface area contributed by atoms with Gasteiger partial charge in [-0.3, -0.25) is 9.89 Å². The quantitative estimate of drug-likeness (QED) is 0.850. The van der Waals surface area contributed by atoms with Crippen LogP contribution in [-0.4, -0.2) is 26.8 Å². The van der Waals surface area contributed by atoms with Gasteiger partial charge in [0.15, 0.2) is 0 Å². The summed E-state index contributed by atoms with van der Waals surface area (Å²) < 4.78 is 0. The minimum Gasteiger partial charge on any atom is -0.325 e. The van der Waals surface area contributed by atoms with E-state index in [1.165, 1.54) is 11.8 Å². The lowest BCUT2D eigenvalue weighted by Gasteiger charge is -2.05. The van der Waals surface area contributed by atoms with Crippen LogP contribution in [0.5, 0.6) is 0 Å². The van der Waals surface area contributed by atoms with Gasteiger partial charge in [0.05, 0.1) is 15.8 Å². The van der Waals surface area contributed by atoms with Gasteiger partial charge in [0.2, 0.25) is 11.1 Å². The fraction of sp³-hybridized carbons (Fsp3) is 0.182. The lowest BCUT2D eigenvalue weighted by atomic mass is 10.3. The minimum atomic E-state index is -0.161. The molecule has 0 saturated carbocycles. The number of aryl methyl sites for hydroxylation is 1. The number of hydrogen-bond donors (Lipinski definition) is 2. The molecule has 0 aliphatic heterocycles. The van der Waals surface area contributed by atoms with Crippen molar-refractivity contribution < 1.29 is 4.79 Å². The predicted octanol–water partition coefficient (Wildman–Crippen LogP) is 3.15. The van der Waals surface area contributed by atoms with Crippen molar-refractivity contribution >= 4 is 46.6 Å². The summed E-state index contributed by atoms with van der Waals surface area (Å²) in [5.74, 6) is 0.774. The molecule has 0 unspecified atom stereocenters. The third-order valence-electron chi connectivity index (χ3n) is 2.11. The van der Waals surface area contributed by atoms with E-state index in [4.69, 9.17) is 23.2 Å². The van der Waals surface area contributed by atoms with Crippen molar-refractivity contribution in [3.05, 3.63) is 34.1 Å². The van der Waals surface area contributed by atoms with Gasteiger partial charge in [-0.05, 0) is 25.1 Å². The van der Waals surface area contributed by atoms with Crippen molar-refractivity contribution in [3.63, 3.8) is 0 Å². The molecule has 2 aromatic rings. The number of H-pyrrole nitrogens is 1. The molecular weight excluding hydrogens is 307 g/mol. The number of nitrogens with zero attached hydrogens (tertiary/aromatic N) is 2. The summed E-state index contributed by atoms with van der Waals surface area (Å²) in [6, 6.07) is 4.92. The fourth-order valence-electron chi connectivity index (χ4n) is 1.29. The second kappa shape index (κ2) is 6.27. The van der Waals surface area contributed by atoms with Crippen LogP contribution in [0.1, 0.15) is 5.82 Å². The molecule has 1 heterocycles. The number of rotatable bonds is 4. The van der Waals surface area contributed by atoms with Crippen molar-refractivity contribution in [2.24, 2.45) is 0 Å². The monoisotopic (exact) mass is 316 g/mol. The largest absolute Gasteiger partial charge is 0.325 e. The van der Waals surface area contributed by atoms with E-state index in [1.807, 2.05) is 0 Å². The third kappa shape index (κ3) is 4.12. The van der Waals surface area contributed by atoms with Crippen molar-refractivity contribution in [2.75, 3.05) is 11.1 Å². The van der Waals surface area contributed by atoms with Crippen molar-refractivity contribution in [1.29, 1.82) is 0 Å². The maximum atomic E-state index is 11.7. The standard InChI is InChI=1S/C11H10Cl2N4OS/c1-6-14-11(17-16-6)19-5-10(18)15-7-2-3-8(12)9(13)4-7/h2-4H,5H2,1H3,(H,15,18)(H,14,16,17). The Morgan fingerprint density at radius 2 is 2.21 bits per heavy atom. The number of carbonyl (C=O) groups excluding carboxylic acids is 1. The molecule has 19 heavy (non-hydrogen) atoms. The highest BCUT2D eigenvalue weighted by atomic mass is 35.5. The topological polar surface area (TPSA) is 70.7 Å². The molecule has 0 saturated heterocycles. The Morgan fingerprint density at radius 1 is 1.42 bits per heavy atom. The molecule has 2 N–H and O–H groups in total. The molecular formula is C11H10Cl2N4OS. The highest BCUT2D eigenvalue weighted by Crippen LogP contribution is 2.25. The molecule has 0 spiro atoms. The normalized spacial score (nSPS) is 10.5. The molecule has 0 bridgehead atoms. The number of amides is 1. The number of nitrogens with one attached hydrogen (secondary N) is 2. The summed E-state index contributed by atoms with van der Waals surface area (Å²) >= 11 is 12.9. The first kappa shape index (κ1) is 14.2. The Bertz CT molecular complexity index is 602. The van der Waals surface area contributed by atoms with Crippen LogP contribution >= 0.6 is 35.0 Å². The molecule has 8 heteroatoms. The van der Waals surface area contributed by atoms with Gasteiger partial charge in [0.25, 0.3) is 0 Å². The van der Waals surface area contributed by atoms with E-state index in [-0.39, 0.29) is 11.7 Å². The third-order valence-corrected chi connectivity index (χ3v) is 3.70. The first-order valence-corrected chi connectivity index (χ1v) is 7.05. The van der Waals surface area contributed by atoms with Gasteiger partial charge in [0.1, 0.15) is 5.82 Å². The number of anilines is 1. The van der Waals surface area contributed by atoms with Crippen molar-refractivity contribution in [2.45, 2.75) is 12.1 Å². The second-order valence-electron chi connectivity index (χ2n) is 3.67. The molecule has 1 aromatic carbocycles. The summed E-state index contributed by atoms with van der Waals surface area (Å²) in [6.07, 6.45) is 0. The van der Waals surface area contributed by atoms with E-state index in [0.717, 1.165) is 0 Å². The summed E-state index contributed by atoms with van der Waals surface area (Å²) in [5.41, 5.74) is 0.603. The lowest BCUT2D eigenvalue weighted by Crippen LogP contribution is -2.14. The Hall–Kier alpha value is -1.24. The molecule has 0 aliphatic carbocycles. The molecule has 0 fully saturated rings. The zero-order chi connectivity index (χ0) is 13.8. The van der Waals surface area contributed by atoms with Crippen LogP contribution in [0.25, 0.3) is 0 Å². The van der Waals surface area contributed by atoms with Gasteiger partial charge in [-0.1, -0.05) is 35.0 Å². The minimum absolute atomic E-state index is 0.161. The van der Waals surface area contributed by atoms with Crippen LogP contribution in [0, 0.1) is 6.92 Å². The van der Waals surface area contributed by atoms with Gasteiger partial charge in [-0.2, -0.15) is 0 Å². The summed E-state index contributed by atoms with van der Waals surface area (Å²) in [4.78, 5) is 15.8. The Morgan fingerprint density at radius 3 is 2.84 bits per heavy atom. The maximum absolute atomic E-state index is 11.7. The number of thioether (sulfide) groups is 1. The number of aromatic nitrogens is 3. The molecule has 0 atom stereocenters. The van der Waals surface area contributed by atoms with Crippen LogP contribution in [-0.2, 0) is 4.79 Å². The molecule has 5 nitrogen and oxygen atoms in total. The predicted molar refractivity (Wildman–Crippen MR) is 76.9 cm³/mol. The average Bonchev–Trinajstić information content (AvgIpc) is 2.77. The van der Waals surface area contributed by atoms with Gasteiger partial charge < -0.3 is 5.32 Å². The number of benzene rings is 1. The van der Waals surface area contributed by atoms with Crippen LogP contribution in [0.15, 0.2) is 23.4 Å². The van der Waals surface area contributed by atoms with Crippen LogP contribution in [0.4, 0.5) is 5.69 Å². The molecule has 100 valence electrons. The van der Waals surface area contributed by atoms with Crippen molar-refractivity contribution in [3.8, 4) is 0 Å². The number of hydrogen-bond acceptors (Lipinski definition) is 4. The van der Waals surface area contributed by atoms with E-state index in [0.29, 0.717) is 26.7 Å². The second-order valence-corrected chi connectivity index (χ2v) is 5.43. The summed E-state index contributed by atoms with van der Waals surface area (Å²) in [7, 11) is 0. The Balaban J connectivity index is 1.88. The Kier molecular flexibility index (Phi) is 4.68. The SMILES string of the molecule is Cc1nc(SCC(=O)Nc2ccc(Cl)c(Cl)c2)n[nH]1. The van der Waals surface area contributed by atoms with Crippen LogP contribution < -0.4 is 5.32 Å². The van der Waals surface area contributed by atoms with Gasteiger partial charge in [-0.25, -0.2) is 4.98 Å². The highest BCUT2D eigenvalue weighted by molar-refractivity contribution is 7.99. The van der Waals surface area contributed by atoms with E-state index in [1.54, 1.807) is 25.1 Å².